The van der Waals surface area contributed by atoms with Gasteiger partial charge in [0, 0.05) is 11.3 Å². The minimum atomic E-state index is 0.118. The lowest BCUT2D eigenvalue weighted by molar-refractivity contribution is 0.0997. The highest BCUT2D eigenvalue weighted by Crippen LogP contribution is 2.31. The number of rotatable bonds is 6. The number of hydrogen-bond acceptors (Lipinski definition) is 4. The van der Waals surface area contributed by atoms with E-state index in [2.05, 4.69) is 0 Å². The summed E-state index contributed by atoms with van der Waals surface area (Å²) in [5.41, 5.74) is 3.14. The number of hydrogen-bond donors (Lipinski definition) is 1. The molecule has 119 valence electrons. The van der Waals surface area contributed by atoms with Crippen molar-refractivity contribution >= 4 is 24.8 Å². The van der Waals surface area contributed by atoms with Crippen LogP contribution in [0.25, 0.3) is 10.4 Å². The van der Waals surface area contributed by atoms with Gasteiger partial charge in [0.05, 0.1) is 4.88 Å². The van der Waals surface area contributed by atoms with E-state index in [0.717, 1.165) is 26.4 Å². The molecule has 5 heteroatoms. The van der Waals surface area contributed by atoms with E-state index in [-0.39, 0.29) is 5.78 Å². The number of aryl methyl sites for hydroxylation is 1. The standard InChI is InChI=1S/C19H16BO3S/c1-13-4-2-5-14(10-13)11-17(21)19-9-8-18(24-19)15-6-3-7-16(12-15)23-20-22/h2-10,12,22H,11H2,1H3. The Morgan fingerprint density at radius 3 is 2.75 bits per heavy atom. The molecule has 0 bridgehead atoms. The number of Topliss-reactive ketones (excluding diaryl/α,β-unsaturated/α-hetero) is 1. The third-order valence-corrected chi connectivity index (χ3v) is 4.81. The van der Waals surface area contributed by atoms with E-state index in [1.807, 2.05) is 61.5 Å². The fourth-order valence-electron chi connectivity index (χ4n) is 2.52. The molecule has 1 aromatic heterocycles. The van der Waals surface area contributed by atoms with E-state index in [1.54, 1.807) is 6.07 Å². The summed E-state index contributed by atoms with van der Waals surface area (Å²) in [6.07, 6.45) is 0.407. The van der Waals surface area contributed by atoms with Crippen LogP contribution in [0.1, 0.15) is 20.8 Å². The van der Waals surface area contributed by atoms with E-state index in [0.29, 0.717) is 19.9 Å². The van der Waals surface area contributed by atoms with Gasteiger partial charge in [0.25, 0.3) is 0 Å². The van der Waals surface area contributed by atoms with Gasteiger partial charge in [0.2, 0.25) is 0 Å². The molecule has 3 nitrogen and oxygen atoms in total. The summed E-state index contributed by atoms with van der Waals surface area (Å²) in [6.45, 7) is 2.02. The van der Waals surface area contributed by atoms with Crippen LogP contribution in [0.2, 0.25) is 0 Å². The highest BCUT2D eigenvalue weighted by Gasteiger charge is 2.12. The van der Waals surface area contributed by atoms with Crippen LogP contribution in [0.3, 0.4) is 0 Å². The van der Waals surface area contributed by atoms with Crippen LogP contribution >= 0.6 is 11.3 Å². The predicted molar refractivity (Wildman–Crippen MR) is 97.6 cm³/mol. The average Bonchev–Trinajstić information content (AvgIpc) is 3.06. The molecule has 0 aliphatic heterocycles. The molecule has 1 N–H and O–H groups in total. The van der Waals surface area contributed by atoms with E-state index >= 15 is 0 Å². The van der Waals surface area contributed by atoms with Crippen molar-refractivity contribution in [1.29, 1.82) is 0 Å². The van der Waals surface area contributed by atoms with E-state index in [1.165, 1.54) is 11.3 Å². The second-order valence-electron chi connectivity index (χ2n) is 5.50. The van der Waals surface area contributed by atoms with Crippen molar-refractivity contribution < 1.29 is 14.5 Å². The molecule has 0 unspecified atom stereocenters. The number of carbonyl (C=O) groups excluding carboxylic acids is 1. The summed E-state index contributed by atoms with van der Waals surface area (Å²) in [7, 11) is 0.657. The average molecular weight is 335 g/mol. The molecule has 0 saturated heterocycles. The van der Waals surface area contributed by atoms with E-state index in [9.17, 15) is 4.79 Å². The van der Waals surface area contributed by atoms with Gasteiger partial charge in [-0.15, -0.1) is 11.3 Å². The van der Waals surface area contributed by atoms with Crippen molar-refractivity contribution in [3.05, 3.63) is 76.7 Å². The van der Waals surface area contributed by atoms with Crippen molar-refractivity contribution in [2.75, 3.05) is 0 Å². The molecular weight excluding hydrogens is 319 g/mol. The van der Waals surface area contributed by atoms with Crippen LogP contribution in [0, 0.1) is 6.92 Å². The molecule has 0 atom stereocenters. The fourth-order valence-corrected chi connectivity index (χ4v) is 3.46. The minimum absolute atomic E-state index is 0.118. The van der Waals surface area contributed by atoms with Crippen molar-refractivity contribution in [3.63, 3.8) is 0 Å². The highest BCUT2D eigenvalue weighted by molar-refractivity contribution is 7.17. The maximum atomic E-state index is 12.5. The molecule has 0 saturated carbocycles. The first kappa shape index (κ1) is 16.5. The maximum Gasteiger partial charge on any atom is 0.569 e. The normalized spacial score (nSPS) is 10.4. The van der Waals surface area contributed by atoms with Gasteiger partial charge in [-0.2, -0.15) is 0 Å². The lowest BCUT2D eigenvalue weighted by Crippen LogP contribution is -2.01. The van der Waals surface area contributed by atoms with Gasteiger partial charge in [-0.3, -0.25) is 4.79 Å². The van der Waals surface area contributed by atoms with Crippen molar-refractivity contribution in [2.45, 2.75) is 13.3 Å². The predicted octanol–water partition coefficient (Wildman–Crippen LogP) is 4.05. The summed E-state index contributed by atoms with van der Waals surface area (Å²) in [6, 6.07) is 19.2. The highest BCUT2D eigenvalue weighted by atomic mass is 32.1. The molecule has 0 aliphatic carbocycles. The lowest BCUT2D eigenvalue weighted by Gasteiger charge is -2.03. The Labute approximate surface area is 145 Å². The second kappa shape index (κ2) is 7.47. The summed E-state index contributed by atoms with van der Waals surface area (Å²) < 4.78 is 4.98. The molecule has 0 amide bonds. The monoisotopic (exact) mass is 335 g/mol. The smallest absolute Gasteiger partial charge is 0.537 e. The fraction of sp³-hybridized carbons (Fsp3) is 0.105. The Morgan fingerprint density at radius 1 is 1.12 bits per heavy atom. The first-order valence-corrected chi connectivity index (χ1v) is 8.39. The Bertz CT molecular complexity index is 857. The zero-order valence-electron chi connectivity index (χ0n) is 13.2. The van der Waals surface area contributed by atoms with Crippen LogP contribution in [0.15, 0.2) is 60.7 Å². The van der Waals surface area contributed by atoms with Crippen molar-refractivity contribution in [1.82, 2.24) is 0 Å². The Hall–Kier alpha value is -2.37. The summed E-state index contributed by atoms with van der Waals surface area (Å²) in [4.78, 5) is 14.2. The molecule has 3 rings (SSSR count). The molecule has 0 aliphatic rings. The van der Waals surface area contributed by atoms with Gasteiger partial charge in [0.1, 0.15) is 5.75 Å². The van der Waals surface area contributed by atoms with Gasteiger partial charge in [-0.1, -0.05) is 42.0 Å². The Kier molecular flexibility index (Phi) is 5.13. The molecule has 3 aromatic rings. The number of benzene rings is 2. The maximum absolute atomic E-state index is 12.5. The minimum Gasteiger partial charge on any atom is -0.537 e. The lowest BCUT2D eigenvalue weighted by atomic mass is 10.1. The van der Waals surface area contributed by atoms with Crippen molar-refractivity contribution in [3.8, 4) is 16.2 Å². The first-order valence-electron chi connectivity index (χ1n) is 7.57. The molecule has 1 radical (unpaired) electrons. The van der Waals surface area contributed by atoms with Gasteiger partial charge >= 0.3 is 7.69 Å². The largest absolute Gasteiger partial charge is 0.569 e. The Balaban J connectivity index is 1.77. The second-order valence-corrected chi connectivity index (χ2v) is 6.59. The van der Waals surface area contributed by atoms with E-state index in [4.69, 9.17) is 9.68 Å². The quantitative estimate of drug-likeness (QED) is 0.546. The first-order chi connectivity index (χ1) is 11.7. The van der Waals surface area contributed by atoms with Gasteiger partial charge in [-0.05, 0) is 42.3 Å². The summed E-state index contributed by atoms with van der Waals surface area (Å²) >= 11 is 1.47. The van der Waals surface area contributed by atoms with Crippen LogP contribution in [0.4, 0.5) is 0 Å². The molecule has 0 spiro atoms. The van der Waals surface area contributed by atoms with E-state index < -0.39 is 0 Å². The summed E-state index contributed by atoms with van der Waals surface area (Å²) in [5.74, 6) is 0.670. The summed E-state index contributed by atoms with van der Waals surface area (Å²) in [5, 5.41) is 8.73. The molecule has 1 heterocycles. The molecule has 0 fully saturated rings. The number of thiophene rings is 1. The Morgan fingerprint density at radius 2 is 1.96 bits per heavy atom. The zero-order chi connectivity index (χ0) is 16.9. The molecule has 2 aromatic carbocycles. The van der Waals surface area contributed by atoms with Gasteiger partial charge in [-0.25, -0.2) is 0 Å². The van der Waals surface area contributed by atoms with Gasteiger partial charge < -0.3 is 9.68 Å². The van der Waals surface area contributed by atoms with Crippen LogP contribution in [-0.2, 0) is 6.42 Å². The third-order valence-electron chi connectivity index (χ3n) is 3.64. The zero-order valence-corrected chi connectivity index (χ0v) is 14.0. The van der Waals surface area contributed by atoms with Crippen molar-refractivity contribution in [2.24, 2.45) is 0 Å². The topological polar surface area (TPSA) is 46.5 Å². The van der Waals surface area contributed by atoms with Gasteiger partial charge in [0.15, 0.2) is 5.78 Å². The van der Waals surface area contributed by atoms with Crippen LogP contribution in [0.5, 0.6) is 5.75 Å². The number of ketones is 1. The number of carbonyl (C=O) groups is 1. The van der Waals surface area contributed by atoms with Crippen LogP contribution in [-0.4, -0.2) is 18.5 Å². The molecule has 24 heavy (non-hydrogen) atoms. The third kappa shape index (κ3) is 3.93. The molecular formula is C19H16BO3S. The van der Waals surface area contributed by atoms with Crippen LogP contribution < -0.4 is 4.65 Å². The SMILES string of the molecule is Cc1cccc(CC(=O)c2ccc(-c3cccc(O[B]O)c3)s2)c1.